The number of benzene rings is 1. The maximum Gasteiger partial charge on any atom is 0.292 e. The number of para-hydroxylation sites is 1. The first kappa shape index (κ1) is 14.3. The Hall–Kier alpha value is -2.15. The number of nitrogens with zero attached hydrogens (tertiary/aromatic N) is 2. The third-order valence-electron chi connectivity index (χ3n) is 3.48. The Labute approximate surface area is 116 Å². The molecule has 1 saturated heterocycles. The van der Waals surface area contributed by atoms with E-state index < -0.39 is 4.92 Å². The number of nitro benzene ring substituents is 1. The molecule has 3 N–H and O–H groups in total. The number of piperidine rings is 1. The van der Waals surface area contributed by atoms with Gasteiger partial charge in [0, 0.05) is 18.7 Å². The van der Waals surface area contributed by atoms with Crippen LogP contribution in [0.15, 0.2) is 18.2 Å². The van der Waals surface area contributed by atoms with E-state index in [0.29, 0.717) is 0 Å². The molecule has 1 aliphatic rings. The number of likely N-dealkylation sites (N-methyl/N-ethyl adjacent to an activating group) is 1. The van der Waals surface area contributed by atoms with Crippen molar-refractivity contribution in [1.29, 1.82) is 0 Å². The van der Waals surface area contributed by atoms with Gasteiger partial charge in [-0.25, -0.2) is 0 Å². The highest BCUT2D eigenvalue weighted by Crippen LogP contribution is 2.24. The molecule has 108 valence electrons. The highest BCUT2D eigenvalue weighted by Gasteiger charge is 2.23. The molecule has 1 aromatic carbocycles. The van der Waals surface area contributed by atoms with Crippen LogP contribution in [0.25, 0.3) is 0 Å². The van der Waals surface area contributed by atoms with E-state index in [9.17, 15) is 14.9 Å². The molecule has 7 nitrogen and oxygen atoms in total. The van der Waals surface area contributed by atoms with Crippen molar-refractivity contribution in [2.24, 2.45) is 0 Å². The summed E-state index contributed by atoms with van der Waals surface area (Å²) in [5.74, 6) is -0.355. The number of nitro groups is 1. The molecule has 2 rings (SSSR count). The van der Waals surface area contributed by atoms with Crippen molar-refractivity contribution < 1.29 is 9.72 Å². The van der Waals surface area contributed by atoms with E-state index >= 15 is 0 Å². The zero-order chi connectivity index (χ0) is 14.7. The number of amides is 1. The molecule has 1 heterocycles. The molecule has 7 heteroatoms. The van der Waals surface area contributed by atoms with Gasteiger partial charge in [-0.2, -0.15) is 0 Å². The molecular formula is C13H18N4O3. The number of hydrogen-bond acceptors (Lipinski definition) is 5. The molecule has 1 aromatic rings. The number of carbonyl (C=O) groups excluding carboxylic acids is 1. The van der Waals surface area contributed by atoms with Crippen LogP contribution in [0.3, 0.4) is 0 Å². The van der Waals surface area contributed by atoms with Crippen molar-refractivity contribution in [3.05, 3.63) is 33.9 Å². The lowest BCUT2D eigenvalue weighted by atomic mass is 10.0. The second-order valence-corrected chi connectivity index (χ2v) is 5.07. The van der Waals surface area contributed by atoms with Gasteiger partial charge >= 0.3 is 0 Å². The molecular weight excluding hydrogens is 260 g/mol. The van der Waals surface area contributed by atoms with Crippen LogP contribution >= 0.6 is 0 Å². The van der Waals surface area contributed by atoms with Crippen LogP contribution in [0.5, 0.6) is 0 Å². The Morgan fingerprint density at radius 1 is 1.55 bits per heavy atom. The molecule has 1 aliphatic heterocycles. The normalized spacial score (nSPS) is 19.6. The van der Waals surface area contributed by atoms with Crippen molar-refractivity contribution in [1.82, 2.24) is 10.2 Å². The third-order valence-corrected chi connectivity index (χ3v) is 3.48. The molecule has 0 saturated carbocycles. The van der Waals surface area contributed by atoms with Gasteiger partial charge in [0.2, 0.25) is 0 Å². The summed E-state index contributed by atoms with van der Waals surface area (Å²) < 4.78 is 0. The number of rotatable bonds is 3. The van der Waals surface area contributed by atoms with Crippen molar-refractivity contribution in [2.75, 3.05) is 25.9 Å². The van der Waals surface area contributed by atoms with Crippen molar-refractivity contribution >= 4 is 17.3 Å². The minimum atomic E-state index is -0.583. The van der Waals surface area contributed by atoms with Crippen LogP contribution < -0.4 is 11.1 Å². The molecule has 1 amide bonds. The summed E-state index contributed by atoms with van der Waals surface area (Å²) in [4.78, 5) is 24.6. The highest BCUT2D eigenvalue weighted by atomic mass is 16.6. The Morgan fingerprint density at radius 3 is 2.95 bits per heavy atom. The quantitative estimate of drug-likeness (QED) is 0.488. The molecule has 0 aliphatic carbocycles. The van der Waals surface area contributed by atoms with Crippen LogP contribution in [-0.2, 0) is 0 Å². The van der Waals surface area contributed by atoms with E-state index in [1.807, 2.05) is 7.05 Å². The zero-order valence-corrected chi connectivity index (χ0v) is 11.3. The molecule has 0 radical (unpaired) electrons. The van der Waals surface area contributed by atoms with Crippen LogP contribution in [0, 0.1) is 10.1 Å². The summed E-state index contributed by atoms with van der Waals surface area (Å²) in [6, 6.07) is 4.32. The number of nitrogens with two attached hydrogens (primary N) is 1. The predicted octanol–water partition coefficient (Wildman–Crippen LogP) is 1.00. The summed E-state index contributed by atoms with van der Waals surface area (Å²) in [5.41, 5.74) is 5.54. The predicted molar refractivity (Wildman–Crippen MR) is 75.5 cm³/mol. The van der Waals surface area contributed by atoms with Crippen LogP contribution in [-0.4, -0.2) is 41.9 Å². The number of anilines is 1. The fourth-order valence-electron chi connectivity index (χ4n) is 2.46. The van der Waals surface area contributed by atoms with Gasteiger partial charge in [-0.3, -0.25) is 14.9 Å². The van der Waals surface area contributed by atoms with E-state index in [1.165, 1.54) is 18.2 Å². The van der Waals surface area contributed by atoms with Gasteiger partial charge in [0.15, 0.2) is 0 Å². The molecule has 1 fully saturated rings. The minimum absolute atomic E-state index is 0.0555. The van der Waals surface area contributed by atoms with Crippen molar-refractivity contribution in [3.8, 4) is 0 Å². The number of nitrogen functional groups attached to an aromatic ring is 1. The second-order valence-electron chi connectivity index (χ2n) is 5.07. The first-order valence-corrected chi connectivity index (χ1v) is 6.51. The van der Waals surface area contributed by atoms with Crippen LogP contribution in [0.4, 0.5) is 11.4 Å². The standard InChI is InChI=1S/C13H18N4O3/c1-16-7-3-4-9(8-16)15-13(18)10-5-2-6-11(12(10)14)17(19)20/h2,5-6,9H,3-4,7-8,14H2,1H3,(H,15,18). The average Bonchev–Trinajstić information content (AvgIpc) is 2.38. The average molecular weight is 278 g/mol. The smallest absolute Gasteiger partial charge is 0.292 e. The number of carbonyl (C=O) groups is 1. The molecule has 0 aromatic heterocycles. The first-order chi connectivity index (χ1) is 9.49. The van der Waals surface area contributed by atoms with Gasteiger partial charge in [-0.05, 0) is 32.5 Å². The maximum atomic E-state index is 12.2. The van der Waals surface area contributed by atoms with Gasteiger partial charge in [-0.15, -0.1) is 0 Å². The van der Waals surface area contributed by atoms with Gasteiger partial charge in [0.05, 0.1) is 10.5 Å². The Balaban J connectivity index is 2.13. The lowest BCUT2D eigenvalue weighted by Gasteiger charge is -2.30. The Morgan fingerprint density at radius 2 is 2.30 bits per heavy atom. The molecule has 0 spiro atoms. The van der Waals surface area contributed by atoms with E-state index in [2.05, 4.69) is 10.2 Å². The second kappa shape index (κ2) is 5.87. The highest BCUT2D eigenvalue weighted by molar-refractivity contribution is 6.01. The fraction of sp³-hybridized carbons (Fsp3) is 0.462. The zero-order valence-electron chi connectivity index (χ0n) is 11.3. The van der Waals surface area contributed by atoms with Crippen LogP contribution in [0.2, 0.25) is 0 Å². The van der Waals surface area contributed by atoms with Crippen molar-refractivity contribution in [2.45, 2.75) is 18.9 Å². The molecule has 1 atom stereocenters. The van der Waals surface area contributed by atoms with Gasteiger partial charge in [0.25, 0.3) is 11.6 Å². The van der Waals surface area contributed by atoms with E-state index in [1.54, 1.807) is 0 Å². The minimum Gasteiger partial charge on any atom is -0.393 e. The first-order valence-electron chi connectivity index (χ1n) is 6.51. The lowest BCUT2D eigenvalue weighted by molar-refractivity contribution is -0.383. The van der Waals surface area contributed by atoms with Gasteiger partial charge < -0.3 is 16.0 Å². The molecule has 1 unspecified atom stereocenters. The third kappa shape index (κ3) is 3.05. The van der Waals surface area contributed by atoms with E-state index in [0.717, 1.165) is 25.9 Å². The summed E-state index contributed by atoms with van der Waals surface area (Å²) in [7, 11) is 2.00. The summed E-state index contributed by atoms with van der Waals surface area (Å²) in [6.07, 6.45) is 1.93. The maximum absolute atomic E-state index is 12.2. The number of nitrogens with one attached hydrogen (secondary N) is 1. The van der Waals surface area contributed by atoms with Gasteiger partial charge in [-0.1, -0.05) is 6.07 Å². The largest absolute Gasteiger partial charge is 0.393 e. The Kier molecular flexibility index (Phi) is 4.19. The van der Waals surface area contributed by atoms with E-state index in [-0.39, 0.29) is 28.9 Å². The number of likely N-dealkylation sites (tertiary alicyclic amines) is 1. The fourth-order valence-corrected chi connectivity index (χ4v) is 2.46. The molecule has 0 bridgehead atoms. The number of hydrogen-bond donors (Lipinski definition) is 2. The lowest BCUT2D eigenvalue weighted by Crippen LogP contribution is -2.46. The summed E-state index contributed by atoms with van der Waals surface area (Å²) in [5, 5.41) is 13.7. The monoisotopic (exact) mass is 278 g/mol. The van der Waals surface area contributed by atoms with E-state index in [4.69, 9.17) is 5.73 Å². The van der Waals surface area contributed by atoms with Crippen LogP contribution in [0.1, 0.15) is 23.2 Å². The SMILES string of the molecule is CN1CCCC(NC(=O)c2cccc([N+](=O)[O-])c2N)C1. The summed E-state index contributed by atoms with van der Waals surface area (Å²) >= 11 is 0. The van der Waals surface area contributed by atoms with Crippen molar-refractivity contribution in [3.63, 3.8) is 0 Å². The van der Waals surface area contributed by atoms with Gasteiger partial charge in [0.1, 0.15) is 5.69 Å². The topological polar surface area (TPSA) is 102 Å². The molecule has 20 heavy (non-hydrogen) atoms. The Bertz CT molecular complexity index is 532. The summed E-state index contributed by atoms with van der Waals surface area (Å²) in [6.45, 7) is 1.80.